The average Bonchev–Trinajstić information content (AvgIpc) is 3.84. The van der Waals surface area contributed by atoms with Gasteiger partial charge in [-0.1, -0.05) is 63.2 Å². The third-order valence-corrected chi connectivity index (χ3v) is 16.0. The van der Waals surface area contributed by atoms with E-state index >= 15 is 0 Å². The first kappa shape index (κ1) is 54.0. The molecule has 70 heavy (non-hydrogen) atoms. The van der Waals surface area contributed by atoms with Gasteiger partial charge in [0, 0.05) is 52.3 Å². The quantitative estimate of drug-likeness (QED) is 0.0521. The molecule has 16 heteroatoms. The number of nitriles is 4. The predicted molar refractivity (Wildman–Crippen MR) is 272 cm³/mol. The van der Waals surface area contributed by atoms with Gasteiger partial charge in [-0.25, -0.2) is 9.78 Å². The number of aromatic nitrogens is 2. The largest absolute Gasteiger partial charge is 0.478 e. The molecule has 0 saturated heterocycles. The fraction of sp³-hybridized carbons (Fsp3) is 0.204. The Labute approximate surface area is 408 Å². The summed E-state index contributed by atoms with van der Waals surface area (Å²) >= 11 is 0. The number of hydrogen-bond acceptors (Lipinski definition) is 13. The summed E-state index contributed by atoms with van der Waals surface area (Å²) in [5.41, 5.74) is 26.7. The van der Waals surface area contributed by atoms with E-state index in [0.717, 1.165) is 33.5 Å². The molecule has 7 rings (SSSR count). The highest BCUT2D eigenvalue weighted by molar-refractivity contribution is 6.74. The molecule has 0 aliphatic heterocycles. The highest BCUT2D eigenvalue weighted by atomic mass is 28.4. The summed E-state index contributed by atoms with van der Waals surface area (Å²) in [5, 5.41) is 62.0. The monoisotopic (exact) mass is 953 g/mol. The standard InChI is InChI=1S/C24H19N3O2.C14H22N2OSi.C8H6N2O2.C8H8N2O/c25-13-17-6-7-19(20(10-17)15-28)11-22(29)12-24-23(18-4-2-1-3-5-18)9-8-21-14-26-16-27(21)24;1-14(2,3)18(4,5)17-10-12-8-11(9-15)6-7-13(12)16;9-4-5-1-2-7(10)6(3-5)8(11)12;9-4-6-1-2-8(10)7(3-6)5-11/h1-10,14,16,28H,11-12,15H2;6-8H,10,16H2,1-5H3;1-3H,10H2,(H,11,12);1-3,11H,5,10H2. The van der Waals surface area contributed by atoms with Crippen LogP contribution in [-0.2, 0) is 41.9 Å². The minimum absolute atomic E-state index is 0.0304. The zero-order valence-corrected chi connectivity index (χ0v) is 40.6. The number of aliphatic hydroxyl groups excluding tert-OH is 2. The van der Waals surface area contributed by atoms with Crippen molar-refractivity contribution in [2.24, 2.45) is 0 Å². The first-order valence-corrected chi connectivity index (χ1v) is 24.7. The molecule has 0 atom stereocenters. The van der Waals surface area contributed by atoms with Crippen molar-refractivity contribution in [2.45, 2.75) is 71.6 Å². The summed E-state index contributed by atoms with van der Waals surface area (Å²) in [6, 6.07) is 41.3. The van der Waals surface area contributed by atoms with Crippen LogP contribution >= 0.6 is 0 Å². The first-order chi connectivity index (χ1) is 33.3. The second-order valence-corrected chi connectivity index (χ2v) is 22.2. The number of aliphatic hydroxyl groups is 2. The van der Waals surface area contributed by atoms with Crippen LogP contribution in [0.15, 0.2) is 128 Å². The Morgan fingerprint density at radius 2 is 1.17 bits per heavy atom. The Hall–Kier alpha value is -8.61. The van der Waals surface area contributed by atoms with Gasteiger partial charge in [0.25, 0.3) is 0 Å². The second kappa shape index (κ2) is 25.0. The summed E-state index contributed by atoms with van der Waals surface area (Å²) < 4.78 is 8.06. The molecule has 0 spiro atoms. The van der Waals surface area contributed by atoms with Crippen molar-refractivity contribution in [1.82, 2.24) is 9.38 Å². The number of hydrogen-bond donors (Lipinski definition) is 6. The topological polar surface area (TPSA) is 295 Å². The fourth-order valence-electron chi connectivity index (χ4n) is 6.48. The van der Waals surface area contributed by atoms with E-state index in [2.05, 4.69) is 51.0 Å². The van der Waals surface area contributed by atoms with Crippen LogP contribution < -0.4 is 17.2 Å². The second-order valence-electron chi connectivity index (χ2n) is 17.4. The van der Waals surface area contributed by atoms with Crippen LogP contribution in [0.4, 0.5) is 17.1 Å². The number of ketones is 1. The van der Waals surface area contributed by atoms with E-state index in [4.69, 9.17) is 52.9 Å². The van der Waals surface area contributed by atoms with Crippen molar-refractivity contribution in [3.8, 4) is 35.4 Å². The van der Waals surface area contributed by atoms with Crippen LogP contribution in [0, 0.1) is 45.3 Å². The van der Waals surface area contributed by atoms with Gasteiger partial charge in [-0.3, -0.25) is 4.79 Å². The number of nitrogens with two attached hydrogens (primary N) is 3. The van der Waals surface area contributed by atoms with Crippen molar-refractivity contribution in [3.63, 3.8) is 0 Å². The van der Waals surface area contributed by atoms with Crippen LogP contribution in [-0.4, -0.2) is 44.8 Å². The Morgan fingerprint density at radius 3 is 1.71 bits per heavy atom. The number of carboxylic acid groups (broad SMARTS) is 1. The number of nitrogens with zero attached hydrogens (tertiary/aromatic N) is 6. The smallest absolute Gasteiger partial charge is 0.337 e. The van der Waals surface area contributed by atoms with Gasteiger partial charge in [0.1, 0.15) is 5.78 Å². The van der Waals surface area contributed by atoms with Crippen LogP contribution in [0.25, 0.3) is 16.6 Å². The number of benzene rings is 5. The minimum Gasteiger partial charge on any atom is -0.478 e. The van der Waals surface area contributed by atoms with Crippen LogP contribution in [0.2, 0.25) is 18.1 Å². The SMILES string of the molecule is CC(C)(C)[Si](C)(C)OCc1cc(C#N)ccc1N.N#Cc1ccc(CC(=O)Cc2c(-c3ccccc3)ccc3cncn23)c(CO)c1.N#Cc1ccc(N)c(C(=O)O)c1.N#Cc1ccc(N)c(CO)c1. The number of pyridine rings is 1. The number of carboxylic acids is 1. The van der Waals surface area contributed by atoms with Crippen LogP contribution in [0.5, 0.6) is 0 Å². The molecule has 0 amide bonds. The highest BCUT2D eigenvalue weighted by Gasteiger charge is 2.37. The third-order valence-electron chi connectivity index (χ3n) is 11.6. The van der Waals surface area contributed by atoms with Crippen molar-refractivity contribution in [1.29, 1.82) is 21.0 Å². The van der Waals surface area contributed by atoms with E-state index < -0.39 is 14.3 Å². The number of nitrogen functional groups attached to an aromatic ring is 3. The minimum atomic E-state index is -1.78. The molecule has 356 valence electrons. The van der Waals surface area contributed by atoms with Gasteiger partial charge in [0.05, 0.1) is 90.0 Å². The van der Waals surface area contributed by atoms with Crippen molar-refractivity contribution in [3.05, 3.63) is 184 Å². The zero-order chi connectivity index (χ0) is 51.6. The molecule has 2 heterocycles. The van der Waals surface area contributed by atoms with E-state index in [-0.39, 0.29) is 48.1 Å². The van der Waals surface area contributed by atoms with Gasteiger partial charge in [-0.05, 0) is 108 Å². The Balaban J connectivity index is 0.000000222. The molecule has 0 aliphatic rings. The fourth-order valence-corrected chi connectivity index (χ4v) is 7.43. The van der Waals surface area contributed by atoms with Crippen molar-refractivity contribution in [2.75, 3.05) is 17.2 Å². The molecule has 7 aromatic rings. The number of aromatic carboxylic acids is 1. The lowest BCUT2D eigenvalue weighted by molar-refractivity contribution is -0.117. The van der Waals surface area contributed by atoms with E-state index in [1.165, 1.54) is 18.2 Å². The summed E-state index contributed by atoms with van der Waals surface area (Å²) in [6.45, 7) is 11.2. The lowest BCUT2D eigenvalue weighted by Gasteiger charge is -2.36. The number of imidazole rings is 1. The van der Waals surface area contributed by atoms with E-state index in [9.17, 15) is 14.7 Å². The van der Waals surface area contributed by atoms with Gasteiger partial charge in [0.2, 0.25) is 0 Å². The summed E-state index contributed by atoms with van der Waals surface area (Å²) in [5.74, 6) is -1.09. The van der Waals surface area contributed by atoms with E-state index in [1.54, 1.807) is 61.1 Å². The first-order valence-electron chi connectivity index (χ1n) is 21.8. The van der Waals surface area contributed by atoms with E-state index in [1.807, 2.05) is 65.1 Å². The van der Waals surface area contributed by atoms with Crippen LogP contribution in [0.1, 0.15) is 81.3 Å². The summed E-state index contributed by atoms with van der Waals surface area (Å²) in [6.07, 6.45) is 3.93. The third kappa shape index (κ3) is 14.7. The predicted octanol–water partition coefficient (Wildman–Crippen LogP) is 8.85. The van der Waals surface area contributed by atoms with Gasteiger partial charge >= 0.3 is 5.97 Å². The number of Topliss-reactive ketones (excluding diaryl/α,β-unsaturated/α-hetero) is 1. The lowest BCUT2D eigenvalue weighted by atomic mass is 9.96. The van der Waals surface area contributed by atoms with Gasteiger partial charge in [0.15, 0.2) is 8.32 Å². The van der Waals surface area contributed by atoms with E-state index in [0.29, 0.717) is 51.4 Å². The number of rotatable bonds is 11. The summed E-state index contributed by atoms with van der Waals surface area (Å²) in [4.78, 5) is 27.7. The molecule has 0 unspecified atom stereocenters. The molecule has 0 bridgehead atoms. The molecule has 5 aromatic carbocycles. The number of carbonyl (C=O) groups is 2. The Morgan fingerprint density at radius 1 is 0.657 bits per heavy atom. The maximum Gasteiger partial charge on any atom is 0.337 e. The Bertz CT molecular complexity index is 3140. The molecular formula is C54H55N9O6Si. The molecule has 0 fully saturated rings. The van der Waals surface area contributed by atoms with Crippen molar-refractivity contribution < 1.29 is 29.3 Å². The normalized spacial score (nSPS) is 10.6. The van der Waals surface area contributed by atoms with Gasteiger partial charge in [-0.2, -0.15) is 21.0 Å². The molecule has 0 aliphatic carbocycles. The molecular weight excluding hydrogens is 899 g/mol. The molecule has 0 radical (unpaired) electrons. The molecule has 2 aromatic heterocycles. The molecule has 15 nitrogen and oxygen atoms in total. The zero-order valence-electron chi connectivity index (χ0n) is 39.6. The molecule has 0 saturated carbocycles. The lowest BCUT2D eigenvalue weighted by Crippen LogP contribution is -2.40. The number of carbonyl (C=O) groups excluding carboxylic acids is 1. The Kier molecular flexibility index (Phi) is 19.2. The number of anilines is 3. The van der Waals surface area contributed by atoms with Crippen LogP contribution in [0.3, 0.4) is 0 Å². The summed E-state index contributed by atoms with van der Waals surface area (Å²) in [7, 11) is -1.78. The van der Waals surface area contributed by atoms with Gasteiger partial charge in [-0.15, -0.1) is 0 Å². The molecule has 9 N–H and O–H groups in total. The highest BCUT2D eigenvalue weighted by Crippen LogP contribution is 2.37. The average molecular weight is 954 g/mol. The van der Waals surface area contributed by atoms with Crippen molar-refractivity contribution >= 4 is 42.6 Å². The maximum absolute atomic E-state index is 13.0. The number of fused-ring (bicyclic) bond motifs is 1. The van der Waals surface area contributed by atoms with Gasteiger partial charge < -0.3 is 41.3 Å². The maximum atomic E-state index is 13.0.